The number of nitrogens with one attached hydrogen (secondary N) is 5. The highest BCUT2D eigenvalue weighted by molar-refractivity contribution is 6.09. The zero-order valence-corrected chi connectivity index (χ0v) is 58.4. The number of likely N-dealkylation sites (tertiary alicyclic amines) is 1. The van der Waals surface area contributed by atoms with Crippen molar-refractivity contribution in [2.75, 3.05) is 27.2 Å². The lowest BCUT2D eigenvalue weighted by Gasteiger charge is -2.36. The summed E-state index contributed by atoms with van der Waals surface area (Å²) >= 11 is 0. The van der Waals surface area contributed by atoms with E-state index < -0.39 is 168 Å². The fraction of sp³-hybridized carbons (Fsp3) is 0.629. The van der Waals surface area contributed by atoms with Gasteiger partial charge in [-0.3, -0.25) is 57.5 Å². The number of rotatable bonds is 23. The molecule has 0 radical (unpaired) electrons. The number of hydrogen-bond donors (Lipinski definition) is 7. The molecule has 28 heteroatoms. The Morgan fingerprint density at radius 2 is 1.45 bits per heavy atom. The van der Waals surface area contributed by atoms with Crippen molar-refractivity contribution >= 4 is 82.8 Å². The van der Waals surface area contributed by atoms with Crippen LogP contribution in [0.25, 0.3) is 0 Å². The van der Waals surface area contributed by atoms with Crippen LogP contribution in [0.2, 0.25) is 0 Å². The van der Waals surface area contributed by atoms with Gasteiger partial charge in [0.2, 0.25) is 47.3 Å². The molecule has 98 heavy (non-hydrogen) atoms. The van der Waals surface area contributed by atoms with Gasteiger partial charge in [0.25, 0.3) is 11.8 Å². The monoisotopic (exact) mass is 1370 g/mol. The van der Waals surface area contributed by atoms with Crippen LogP contribution in [-0.2, 0) is 83.0 Å². The van der Waals surface area contributed by atoms with Crippen molar-refractivity contribution in [2.45, 2.75) is 232 Å². The van der Waals surface area contributed by atoms with Crippen LogP contribution in [0.1, 0.15) is 168 Å². The number of carbonyl (C=O) groups is 14. The zero-order valence-electron chi connectivity index (χ0n) is 58.4. The largest absolute Gasteiger partial charge is 0.458 e. The SMILES string of the molecule is CC[C@H](C)[C@@H]1NC(=O)[C@H](NC(=O)[C@@H](CC(C)C)N(C)C(=O)[C@@H]2CCCN2C(=O)[C@H](C)OC(=O)[C@@H](CCC(N)=O)NC(=O)C2CCC(=O)N2)[C@H](C)OC(=O)[C@H](Cc2ccc(C(=O)c3ccccc3)cc2)N(C)C(=O)[C@@H]2CCCN2C(=O)[C@H](CC(C)C)NC(=O)[C@H](C(C)C)OC(=O)C[C@@H]1O. The average molecular weight is 1370 g/mol. The zero-order chi connectivity index (χ0) is 72.6. The number of carbonyl (C=O) groups excluding carboxylic acids is 14. The molecule has 14 atom stereocenters. The molecular weight excluding hydrogens is 1270 g/mol. The van der Waals surface area contributed by atoms with Gasteiger partial charge in [-0.1, -0.05) is 116 Å². The topological polar surface area (TPSA) is 386 Å². The third-order valence-electron chi connectivity index (χ3n) is 18.6. The Kier molecular flexibility index (Phi) is 28.4. The molecule has 4 heterocycles. The normalized spacial score (nSPS) is 25.2. The van der Waals surface area contributed by atoms with Gasteiger partial charge in [0.15, 0.2) is 18.0 Å². The molecule has 0 aromatic heterocycles. The van der Waals surface area contributed by atoms with Crippen molar-refractivity contribution in [1.29, 1.82) is 0 Å². The summed E-state index contributed by atoms with van der Waals surface area (Å²) in [6, 6.07) is 2.93. The highest BCUT2D eigenvalue weighted by Gasteiger charge is 2.47. The number of ketones is 1. The molecule has 10 amide bonds. The lowest BCUT2D eigenvalue weighted by molar-refractivity contribution is -0.163. The molecular formula is C70H100N10O18. The standard InChI is InChI=1S/C70H100N10O18/c1-13-40(8)57-53(81)36-56(84)98-60(39(6)7)64(89)74-48(33-37(2)3)66(91)80-32-18-22-50(80)68(93)78(12)52(35-43-23-25-45(26-24-43)59(85)44-19-15-14-16-20-44)70(95)96-41(9)58(63(88)75-57)76-62(87)51(34-38(4)5)77(11)67(92)49-21-17-31-79(49)65(90)42(10)97-69(94)47(27-29-54(71)82)73-61(86)46-28-30-55(83)72-46/h14-16,19-20,23-26,37-42,46-53,57-58,60,81H,13,17-18,21-22,27-36H2,1-12H3,(H2,71,82)(H,72,83)(H,73,86)(H,74,89)(H,75,88)(H,76,87)/t40-,41-,42-,46?,47+,48-,49-,50-,51+,52-,53-,57-,58+,60-/m0/s1. The average Bonchev–Trinajstić information content (AvgIpc) is 1.55. The Labute approximate surface area is 572 Å². The van der Waals surface area contributed by atoms with Crippen LogP contribution in [0.5, 0.6) is 0 Å². The molecule has 2 aromatic rings. The van der Waals surface area contributed by atoms with Gasteiger partial charge in [-0.15, -0.1) is 0 Å². The summed E-state index contributed by atoms with van der Waals surface area (Å²) in [4.78, 5) is 202. The number of amides is 10. The minimum Gasteiger partial charge on any atom is -0.458 e. The van der Waals surface area contributed by atoms with Gasteiger partial charge in [-0.25, -0.2) is 9.59 Å². The number of cyclic esters (lactones) is 2. The van der Waals surface area contributed by atoms with Crippen LogP contribution in [0.3, 0.4) is 0 Å². The molecule has 6 rings (SSSR count). The number of hydrogen-bond acceptors (Lipinski definition) is 18. The molecule has 4 fully saturated rings. The van der Waals surface area contributed by atoms with Crippen molar-refractivity contribution in [3.8, 4) is 0 Å². The summed E-state index contributed by atoms with van der Waals surface area (Å²) in [5.74, 6) is -12.6. The van der Waals surface area contributed by atoms with E-state index in [2.05, 4.69) is 26.6 Å². The van der Waals surface area contributed by atoms with E-state index in [-0.39, 0.29) is 94.4 Å². The first-order valence-electron chi connectivity index (χ1n) is 34.1. The number of aliphatic hydroxyl groups is 1. The van der Waals surface area contributed by atoms with Crippen LogP contribution in [0.15, 0.2) is 54.6 Å². The highest BCUT2D eigenvalue weighted by atomic mass is 16.6. The Morgan fingerprint density at radius 1 is 0.796 bits per heavy atom. The number of esters is 3. The molecule has 1 unspecified atom stereocenters. The molecule has 8 N–H and O–H groups in total. The number of fused-ring (bicyclic) bond motifs is 1. The molecule has 28 nitrogen and oxygen atoms in total. The molecule has 538 valence electrons. The number of nitrogens with two attached hydrogens (primary N) is 1. The highest BCUT2D eigenvalue weighted by Crippen LogP contribution is 2.28. The van der Waals surface area contributed by atoms with Crippen LogP contribution in [0.4, 0.5) is 0 Å². The maximum Gasteiger partial charge on any atom is 0.329 e. The predicted octanol–water partition coefficient (Wildman–Crippen LogP) is 1.91. The van der Waals surface area contributed by atoms with E-state index in [9.17, 15) is 53.1 Å². The van der Waals surface area contributed by atoms with Crippen molar-refractivity contribution in [3.05, 3.63) is 71.3 Å². The maximum atomic E-state index is 15.3. The van der Waals surface area contributed by atoms with Gasteiger partial charge in [0.05, 0.1) is 18.6 Å². The van der Waals surface area contributed by atoms with Crippen LogP contribution in [-0.4, -0.2) is 213 Å². The number of nitrogens with zero attached hydrogens (tertiary/aromatic N) is 4. The van der Waals surface area contributed by atoms with Gasteiger partial charge in [-0.2, -0.15) is 0 Å². The second-order valence-corrected chi connectivity index (χ2v) is 27.5. The summed E-state index contributed by atoms with van der Waals surface area (Å²) in [6.07, 6.45) is -6.41. The number of likely N-dealkylation sites (N-methyl/N-ethyl adjacent to an activating group) is 2. The number of primary amides is 1. The third-order valence-corrected chi connectivity index (χ3v) is 18.6. The van der Waals surface area contributed by atoms with Gasteiger partial charge < -0.3 is 71.2 Å². The van der Waals surface area contributed by atoms with E-state index in [1.54, 1.807) is 96.1 Å². The van der Waals surface area contributed by atoms with E-state index in [1.165, 1.54) is 37.7 Å². The maximum absolute atomic E-state index is 15.3. The Bertz CT molecular complexity index is 3240. The fourth-order valence-corrected chi connectivity index (χ4v) is 12.8. The molecule has 4 aliphatic heterocycles. The van der Waals surface area contributed by atoms with Crippen LogP contribution < -0.4 is 32.3 Å². The lowest BCUT2D eigenvalue weighted by atomic mass is 9.92. The van der Waals surface area contributed by atoms with Crippen molar-refractivity contribution in [1.82, 2.24) is 46.2 Å². The minimum absolute atomic E-state index is 0.0196. The Morgan fingerprint density at radius 3 is 2.05 bits per heavy atom. The predicted molar refractivity (Wildman–Crippen MR) is 355 cm³/mol. The fourth-order valence-electron chi connectivity index (χ4n) is 12.8. The van der Waals surface area contributed by atoms with E-state index in [4.69, 9.17) is 19.9 Å². The second-order valence-electron chi connectivity index (χ2n) is 27.5. The summed E-state index contributed by atoms with van der Waals surface area (Å²) in [7, 11) is 2.70. The van der Waals surface area contributed by atoms with E-state index in [1.807, 2.05) is 13.8 Å². The number of benzene rings is 2. The van der Waals surface area contributed by atoms with Crippen molar-refractivity contribution < 1.29 is 86.4 Å². The van der Waals surface area contributed by atoms with E-state index in [0.717, 1.165) is 9.80 Å². The molecule has 2 aromatic carbocycles. The van der Waals surface area contributed by atoms with Crippen LogP contribution in [0, 0.1) is 23.7 Å². The van der Waals surface area contributed by atoms with Gasteiger partial charge in [0.1, 0.15) is 54.4 Å². The first kappa shape index (κ1) is 78.2. The molecule has 4 saturated heterocycles. The van der Waals surface area contributed by atoms with Crippen molar-refractivity contribution in [3.63, 3.8) is 0 Å². The summed E-state index contributed by atoms with van der Waals surface area (Å²) < 4.78 is 17.6. The number of ether oxygens (including phenoxy) is 3. The molecule has 0 spiro atoms. The minimum atomic E-state index is -1.86. The summed E-state index contributed by atoms with van der Waals surface area (Å²) in [6.45, 7) is 16.7. The Hall–Kier alpha value is -8.82. The van der Waals surface area contributed by atoms with Gasteiger partial charge in [0, 0.05) is 57.6 Å². The lowest BCUT2D eigenvalue weighted by Crippen LogP contribution is -2.62. The molecule has 0 saturated carbocycles. The van der Waals surface area contributed by atoms with Gasteiger partial charge in [-0.05, 0) is 94.4 Å². The third kappa shape index (κ3) is 20.6. The van der Waals surface area contributed by atoms with E-state index >= 15 is 19.2 Å². The van der Waals surface area contributed by atoms with E-state index in [0.29, 0.717) is 36.0 Å². The quantitative estimate of drug-likeness (QED) is 0.0475. The molecule has 0 aliphatic carbocycles. The molecule has 0 bridgehead atoms. The van der Waals surface area contributed by atoms with Crippen LogP contribution >= 0.6 is 0 Å². The number of aliphatic hydroxyl groups excluding tert-OH is 1. The van der Waals surface area contributed by atoms with Gasteiger partial charge >= 0.3 is 17.9 Å². The Balaban J connectivity index is 1.36. The summed E-state index contributed by atoms with van der Waals surface area (Å²) in [5.41, 5.74) is 6.58. The molecule has 4 aliphatic rings. The van der Waals surface area contributed by atoms with Crippen molar-refractivity contribution in [2.24, 2.45) is 29.4 Å². The summed E-state index contributed by atoms with van der Waals surface area (Å²) in [5, 5.41) is 25.3. The first-order valence-corrected chi connectivity index (χ1v) is 34.1. The smallest absolute Gasteiger partial charge is 0.329 e. The first-order chi connectivity index (χ1) is 46.2. The second kappa shape index (κ2) is 35.6.